The Morgan fingerprint density at radius 2 is 1.87 bits per heavy atom. The summed E-state index contributed by atoms with van der Waals surface area (Å²) in [6.07, 6.45) is 0.312. The Hall–Kier alpha value is -0.210. The van der Waals surface area contributed by atoms with Crippen LogP contribution in [0, 0.1) is 0 Å². The molecule has 92 valence electrons. The van der Waals surface area contributed by atoms with Crippen LogP contribution in [0.3, 0.4) is 0 Å². The number of hydrogen-bond acceptors (Lipinski definition) is 5. The second-order valence-corrected chi connectivity index (χ2v) is 5.21. The fraction of sp³-hybridized carbons (Fsp3) is 1.00. The summed E-state index contributed by atoms with van der Waals surface area (Å²) >= 11 is 0. The molecule has 7 heteroatoms. The molecular formula is C8H19NO5S. The van der Waals surface area contributed by atoms with Crippen molar-refractivity contribution in [3.8, 4) is 0 Å². The number of rotatable bonds is 8. The van der Waals surface area contributed by atoms with Gasteiger partial charge in [-0.2, -0.15) is 0 Å². The molecule has 0 saturated heterocycles. The summed E-state index contributed by atoms with van der Waals surface area (Å²) < 4.78 is 29.9. The van der Waals surface area contributed by atoms with Gasteiger partial charge in [-0.25, -0.2) is 13.1 Å². The van der Waals surface area contributed by atoms with Crippen LogP contribution in [-0.2, 0) is 14.8 Å². The van der Waals surface area contributed by atoms with Crippen molar-refractivity contribution in [3.05, 3.63) is 0 Å². The maximum absolute atomic E-state index is 11.5. The predicted molar refractivity (Wildman–Crippen MR) is 56.0 cm³/mol. The number of ether oxygens (including phenoxy) is 1. The van der Waals surface area contributed by atoms with E-state index in [4.69, 9.17) is 10.2 Å². The average Bonchev–Trinajstić information content (AvgIpc) is 2.23. The molecule has 0 aromatic rings. The molecule has 0 fully saturated rings. The molecule has 0 unspecified atom stereocenters. The topological polar surface area (TPSA) is 95.9 Å². The molecule has 3 N–H and O–H groups in total. The highest BCUT2D eigenvalue weighted by Gasteiger charge is 2.31. The second kappa shape index (κ2) is 6.39. The van der Waals surface area contributed by atoms with Crippen molar-refractivity contribution < 1.29 is 23.4 Å². The number of methoxy groups -OCH3 is 1. The molecule has 0 bridgehead atoms. The first-order valence-corrected chi connectivity index (χ1v) is 6.33. The van der Waals surface area contributed by atoms with Gasteiger partial charge in [-0.05, 0) is 6.42 Å². The number of hydrogen-bond donors (Lipinski definition) is 3. The SMILES string of the molecule is CCC(CO)(CO)NS(=O)(=O)CCOC. The second-order valence-electron chi connectivity index (χ2n) is 3.36. The lowest BCUT2D eigenvalue weighted by Gasteiger charge is -2.29. The lowest BCUT2D eigenvalue weighted by atomic mass is 10.0. The Labute approximate surface area is 90.3 Å². The first-order chi connectivity index (χ1) is 6.95. The van der Waals surface area contributed by atoms with Gasteiger partial charge in [-0.3, -0.25) is 0 Å². The maximum atomic E-state index is 11.5. The first kappa shape index (κ1) is 14.8. The number of aliphatic hydroxyl groups excluding tert-OH is 2. The van der Waals surface area contributed by atoms with E-state index in [2.05, 4.69) is 9.46 Å². The minimum Gasteiger partial charge on any atom is -0.394 e. The van der Waals surface area contributed by atoms with Crippen LogP contribution in [0.2, 0.25) is 0 Å². The Bertz CT molecular complexity index is 252. The third-order valence-corrected chi connectivity index (χ3v) is 3.66. The van der Waals surface area contributed by atoms with Gasteiger partial charge in [0, 0.05) is 7.11 Å². The fourth-order valence-electron chi connectivity index (χ4n) is 0.984. The summed E-state index contributed by atoms with van der Waals surface area (Å²) in [5.74, 6) is -0.189. The Balaban J connectivity index is 4.52. The molecule has 0 aliphatic carbocycles. The highest BCUT2D eigenvalue weighted by Crippen LogP contribution is 2.10. The lowest BCUT2D eigenvalue weighted by Crippen LogP contribution is -2.54. The first-order valence-electron chi connectivity index (χ1n) is 4.67. The van der Waals surface area contributed by atoms with Crippen molar-refractivity contribution in [2.45, 2.75) is 18.9 Å². The molecule has 0 rings (SSSR count). The van der Waals surface area contributed by atoms with E-state index in [0.717, 1.165) is 0 Å². The number of aliphatic hydroxyl groups is 2. The summed E-state index contributed by atoms with van der Waals surface area (Å²) in [4.78, 5) is 0. The van der Waals surface area contributed by atoms with Crippen molar-refractivity contribution in [3.63, 3.8) is 0 Å². The van der Waals surface area contributed by atoms with E-state index in [9.17, 15) is 8.42 Å². The number of sulfonamides is 1. The third kappa shape index (κ3) is 4.89. The van der Waals surface area contributed by atoms with E-state index in [1.807, 2.05) is 0 Å². The van der Waals surface area contributed by atoms with Crippen LogP contribution < -0.4 is 4.72 Å². The molecule has 0 amide bonds. The molecule has 0 saturated carbocycles. The minimum absolute atomic E-state index is 0.0754. The summed E-state index contributed by atoms with van der Waals surface area (Å²) in [6, 6.07) is 0. The van der Waals surface area contributed by atoms with Crippen molar-refractivity contribution in [1.82, 2.24) is 4.72 Å². The van der Waals surface area contributed by atoms with Gasteiger partial charge in [0.25, 0.3) is 0 Å². The molecule has 0 aromatic heterocycles. The van der Waals surface area contributed by atoms with E-state index < -0.39 is 28.8 Å². The molecule has 15 heavy (non-hydrogen) atoms. The molecule has 0 atom stereocenters. The normalized spacial score (nSPS) is 13.1. The highest BCUT2D eigenvalue weighted by molar-refractivity contribution is 7.89. The Kier molecular flexibility index (Phi) is 6.30. The van der Waals surface area contributed by atoms with E-state index in [1.165, 1.54) is 7.11 Å². The summed E-state index contributed by atoms with van der Waals surface area (Å²) in [5, 5.41) is 18.1. The minimum atomic E-state index is -3.53. The zero-order valence-corrected chi connectivity index (χ0v) is 9.88. The molecule has 0 heterocycles. The van der Waals surface area contributed by atoms with Crippen LogP contribution in [0.4, 0.5) is 0 Å². The van der Waals surface area contributed by atoms with E-state index in [1.54, 1.807) is 6.92 Å². The molecule has 0 aliphatic heterocycles. The van der Waals surface area contributed by atoms with Gasteiger partial charge in [0.15, 0.2) is 0 Å². The van der Waals surface area contributed by atoms with Gasteiger partial charge in [-0.1, -0.05) is 6.92 Å². The van der Waals surface area contributed by atoms with Gasteiger partial charge in [0.2, 0.25) is 10.0 Å². The van der Waals surface area contributed by atoms with Crippen LogP contribution in [-0.4, -0.2) is 56.9 Å². The van der Waals surface area contributed by atoms with Crippen LogP contribution in [0.25, 0.3) is 0 Å². The largest absolute Gasteiger partial charge is 0.394 e. The average molecular weight is 241 g/mol. The third-order valence-electron chi connectivity index (χ3n) is 2.21. The van der Waals surface area contributed by atoms with Gasteiger partial charge in [0.1, 0.15) is 0 Å². The quantitative estimate of drug-likeness (QED) is 0.490. The van der Waals surface area contributed by atoms with Crippen molar-refractivity contribution in [1.29, 1.82) is 0 Å². The molecule has 0 aromatic carbocycles. The lowest BCUT2D eigenvalue weighted by molar-refractivity contribution is 0.105. The van der Waals surface area contributed by atoms with Crippen LogP contribution in [0.5, 0.6) is 0 Å². The molecule has 6 nitrogen and oxygen atoms in total. The van der Waals surface area contributed by atoms with Crippen LogP contribution in [0.1, 0.15) is 13.3 Å². The van der Waals surface area contributed by atoms with Crippen LogP contribution in [0.15, 0.2) is 0 Å². The van der Waals surface area contributed by atoms with Crippen molar-refractivity contribution >= 4 is 10.0 Å². The summed E-state index contributed by atoms with van der Waals surface area (Å²) in [6.45, 7) is 0.885. The molecule has 0 spiro atoms. The van der Waals surface area contributed by atoms with Gasteiger partial charge < -0.3 is 14.9 Å². The predicted octanol–water partition coefficient (Wildman–Crippen LogP) is -1.31. The van der Waals surface area contributed by atoms with Crippen LogP contribution >= 0.6 is 0 Å². The maximum Gasteiger partial charge on any atom is 0.214 e. The monoisotopic (exact) mass is 241 g/mol. The fourth-order valence-corrected chi connectivity index (χ4v) is 2.41. The van der Waals surface area contributed by atoms with E-state index >= 15 is 0 Å². The van der Waals surface area contributed by atoms with Crippen molar-refractivity contribution in [2.24, 2.45) is 0 Å². The smallest absolute Gasteiger partial charge is 0.214 e. The molecule has 0 radical (unpaired) electrons. The molecular weight excluding hydrogens is 222 g/mol. The zero-order chi connectivity index (χ0) is 11.9. The summed E-state index contributed by atoms with van der Waals surface area (Å²) in [5.41, 5.74) is -1.17. The van der Waals surface area contributed by atoms with Gasteiger partial charge in [-0.15, -0.1) is 0 Å². The zero-order valence-electron chi connectivity index (χ0n) is 9.06. The molecule has 0 aliphatic rings. The van der Waals surface area contributed by atoms with Crippen molar-refractivity contribution in [2.75, 3.05) is 32.7 Å². The highest BCUT2D eigenvalue weighted by atomic mass is 32.2. The van der Waals surface area contributed by atoms with E-state index in [-0.39, 0.29) is 12.4 Å². The summed E-state index contributed by atoms with van der Waals surface area (Å²) in [7, 11) is -2.13. The van der Waals surface area contributed by atoms with E-state index in [0.29, 0.717) is 6.42 Å². The van der Waals surface area contributed by atoms with Gasteiger partial charge in [0.05, 0.1) is 31.1 Å². The Morgan fingerprint density at radius 3 is 2.20 bits per heavy atom. The number of nitrogens with one attached hydrogen (secondary N) is 1. The Morgan fingerprint density at radius 1 is 1.33 bits per heavy atom. The van der Waals surface area contributed by atoms with Gasteiger partial charge >= 0.3 is 0 Å². The standard InChI is InChI=1S/C8H19NO5S/c1-3-8(6-10,7-11)9-15(12,13)5-4-14-2/h9-11H,3-7H2,1-2H3.